The van der Waals surface area contributed by atoms with Crippen molar-refractivity contribution < 1.29 is 14.3 Å². The fraction of sp³-hybridized carbons (Fsp3) is 0.222. The number of halogens is 2. The highest BCUT2D eigenvalue weighted by Gasteiger charge is 2.16. The number of carbonyl (C=O) groups excluding carboxylic acids is 2. The third-order valence-electron chi connectivity index (χ3n) is 3.30. The van der Waals surface area contributed by atoms with Gasteiger partial charge in [0.2, 0.25) is 5.91 Å². The van der Waals surface area contributed by atoms with Crippen molar-refractivity contribution in [1.82, 2.24) is 0 Å². The third-order valence-corrected chi connectivity index (χ3v) is 3.89. The van der Waals surface area contributed by atoms with Gasteiger partial charge in [0.25, 0.3) is 0 Å². The number of nitrogens with one attached hydrogen (secondary N) is 1. The standard InChI is InChI=1S/C18H17Cl2NO3/c1-11(2)17(22)21-16-6-4-3-5-14(16)18(23)24-10-12-7-8-13(19)9-15(12)20/h3-9,11H,10H2,1-2H3,(H,21,22). The molecule has 2 rings (SSSR count). The van der Waals surface area contributed by atoms with E-state index < -0.39 is 5.97 Å². The fourth-order valence-electron chi connectivity index (χ4n) is 1.91. The second-order valence-electron chi connectivity index (χ2n) is 5.50. The lowest BCUT2D eigenvalue weighted by Crippen LogP contribution is -2.20. The molecule has 0 radical (unpaired) electrons. The first-order valence-electron chi connectivity index (χ1n) is 7.39. The average molecular weight is 366 g/mol. The van der Waals surface area contributed by atoms with Gasteiger partial charge in [0.15, 0.2) is 0 Å². The first-order chi connectivity index (χ1) is 11.4. The van der Waals surface area contributed by atoms with Gasteiger partial charge in [0, 0.05) is 21.5 Å². The predicted octanol–water partition coefficient (Wildman–Crippen LogP) is 4.94. The van der Waals surface area contributed by atoms with Crippen LogP contribution in [0.2, 0.25) is 10.0 Å². The topological polar surface area (TPSA) is 55.4 Å². The number of benzene rings is 2. The zero-order valence-corrected chi connectivity index (χ0v) is 14.8. The Morgan fingerprint density at radius 2 is 1.83 bits per heavy atom. The van der Waals surface area contributed by atoms with E-state index in [1.54, 1.807) is 56.3 Å². The number of ether oxygens (including phenoxy) is 1. The second-order valence-corrected chi connectivity index (χ2v) is 6.35. The maximum absolute atomic E-state index is 12.3. The van der Waals surface area contributed by atoms with Crippen LogP contribution in [0.4, 0.5) is 5.69 Å². The molecule has 1 N–H and O–H groups in total. The Hall–Kier alpha value is -2.04. The van der Waals surface area contributed by atoms with E-state index in [0.29, 0.717) is 21.3 Å². The lowest BCUT2D eigenvalue weighted by atomic mass is 10.1. The number of hydrogen-bond acceptors (Lipinski definition) is 3. The number of amides is 1. The first kappa shape index (κ1) is 18.3. The molecule has 0 aliphatic carbocycles. The summed E-state index contributed by atoms with van der Waals surface area (Å²) >= 11 is 11.9. The van der Waals surface area contributed by atoms with Crippen LogP contribution in [0.15, 0.2) is 42.5 Å². The Morgan fingerprint density at radius 1 is 1.12 bits per heavy atom. The van der Waals surface area contributed by atoms with Gasteiger partial charge in [-0.2, -0.15) is 0 Å². The van der Waals surface area contributed by atoms with Gasteiger partial charge in [-0.1, -0.05) is 55.2 Å². The van der Waals surface area contributed by atoms with E-state index in [2.05, 4.69) is 5.32 Å². The van der Waals surface area contributed by atoms with Gasteiger partial charge in [-0.25, -0.2) is 4.79 Å². The van der Waals surface area contributed by atoms with Crippen molar-refractivity contribution in [1.29, 1.82) is 0 Å². The van der Waals surface area contributed by atoms with Crippen LogP contribution in [-0.2, 0) is 16.1 Å². The molecule has 0 aliphatic rings. The summed E-state index contributed by atoms with van der Waals surface area (Å²) in [7, 11) is 0. The van der Waals surface area contributed by atoms with Gasteiger partial charge in [0.1, 0.15) is 6.61 Å². The van der Waals surface area contributed by atoms with Crippen LogP contribution in [-0.4, -0.2) is 11.9 Å². The van der Waals surface area contributed by atoms with E-state index in [0.717, 1.165) is 0 Å². The Balaban J connectivity index is 2.11. The van der Waals surface area contributed by atoms with Crippen LogP contribution < -0.4 is 5.32 Å². The minimum Gasteiger partial charge on any atom is -0.457 e. The number of carbonyl (C=O) groups is 2. The minimum atomic E-state index is -0.541. The molecule has 6 heteroatoms. The fourth-order valence-corrected chi connectivity index (χ4v) is 2.37. The summed E-state index contributed by atoms with van der Waals surface area (Å²) in [4.78, 5) is 24.2. The SMILES string of the molecule is CC(C)C(=O)Nc1ccccc1C(=O)OCc1ccc(Cl)cc1Cl. The maximum atomic E-state index is 12.3. The average Bonchev–Trinajstić information content (AvgIpc) is 2.54. The summed E-state index contributed by atoms with van der Waals surface area (Å²) in [5.41, 5.74) is 1.36. The number of hydrogen-bond donors (Lipinski definition) is 1. The molecule has 0 heterocycles. The molecule has 2 aromatic carbocycles. The number of para-hydroxylation sites is 1. The van der Waals surface area contributed by atoms with E-state index in [4.69, 9.17) is 27.9 Å². The molecular weight excluding hydrogens is 349 g/mol. The summed E-state index contributed by atoms with van der Waals surface area (Å²) in [6.07, 6.45) is 0. The van der Waals surface area contributed by atoms with E-state index in [1.165, 1.54) is 0 Å². The van der Waals surface area contributed by atoms with Crippen molar-refractivity contribution in [2.45, 2.75) is 20.5 Å². The quantitative estimate of drug-likeness (QED) is 0.763. The number of anilines is 1. The highest BCUT2D eigenvalue weighted by molar-refractivity contribution is 6.35. The zero-order valence-electron chi connectivity index (χ0n) is 13.3. The third kappa shape index (κ3) is 4.73. The van der Waals surface area contributed by atoms with Gasteiger partial charge in [-0.3, -0.25) is 4.79 Å². The molecule has 0 atom stereocenters. The van der Waals surface area contributed by atoms with Crippen LogP contribution in [0, 0.1) is 5.92 Å². The van der Waals surface area contributed by atoms with E-state index in [9.17, 15) is 9.59 Å². The van der Waals surface area contributed by atoms with E-state index >= 15 is 0 Å². The molecule has 126 valence electrons. The largest absolute Gasteiger partial charge is 0.457 e. The zero-order chi connectivity index (χ0) is 17.7. The molecule has 2 aromatic rings. The molecule has 0 bridgehead atoms. The van der Waals surface area contributed by atoms with Gasteiger partial charge >= 0.3 is 5.97 Å². The van der Waals surface area contributed by atoms with Gasteiger partial charge in [-0.05, 0) is 24.3 Å². The van der Waals surface area contributed by atoms with Crippen molar-refractivity contribution in [2.24, 2.45) is 5.92 Å². The first-order valence-corrected chi connectivity index (χ1v) is 8.15. The molecule has 0 aromatic heterocycles. The maximum Gasteiger partial charge on any atom is 0.340 e. The summed E-state index contributed by atoms with van der Waals surface area (Å²) in [5, 5.41) is 3.66. The minimum absolute atomic E-state index is 0.0152. The predicted molar refractivity (Wildman–Crippen MR) is 95.5 cm³/mol. The monoisotopic (exact) mass is 365 g/mol. The summed E-state index contributed by atoms with van der Waals surface area (Å²) in [6.45, 7) is 3.57. The highest BCUT2D eigenvalue weighted by Crippen LogP contribution is 2.23. The molecule has 0 aliphatic heterocycles. The lowest BCUT2D eigenvalue weighted by Gasteiger charge is -2.12. The summed E-state index contributed by atoms with van der Waals surface area (Å²) < 4.78 is 5.30. The van der Waals surface area contributed by atoms with E-state index in [-0.39, 0.29) is 24.0 Å². The highest BCUT2D eigenvalue weighted by atomic mass is 35.5. The Labute approximate surface area is 150 Å². The molecule has 0 saturated carbocycles. The van der Waals surface area contributed by atoms with Gasteiger partial charge in [-0.15, -0.1) is 0 Å². The van der Waals surface area contributed by atoms with Gasteiger partial charge < -0.3 is 10.1 Å². The number of esters is 1. The van der Waals surface area contributed by atoms with Crippen molar-refractivity contribution in [3.8, 4) is 0 Å². The smallest absolute Gasteiger partial charge is 0.340 e. The number of rotatable bonds is 5. The van der Waals surface area contributed by atoms with Gasteiger partial charge in [0.05, 0.1) is 11.3 Å². The molecule has 4 nitrogen and oxygen atoms in total. The molecular formula is C18H17Cl2NO3. The molecule has 0 fully saturated rings. The molecule has 24 heavy (non-hydrogen) atoms. The van der Waals surface area contributed by atoms with E-state index in [1.807, 2.05) is 0 Å². The normalized spacial score (nSPS) is 10.5. The van der Waals surface area contributed by atoms with Crippen LogP contribution in [0.3, 0.4) is 0 Å². The Bertz CT molecular complexity index is 760. The van der Waals surface area contributed by atoms with Crippen molar-refractivity contribution in [3.63, 3.8) is 0 Å². The molecule has 0 spiro atoms. The summed E-state index contributed by atoms with van der Waals surface area (Å²) in [6, 6.07) is 11.7. The van der Waals surface area contributed by atoms with Crippen LogP contribution in [0.1, 0.15) is 29.8 Å². The lowest BCUT2D eigenvalue weighted by molar-refractivity contribution is -0.118. The molecule has 1 amide bonds. The second kappa shape index (κ2) is 8.18. The van der Waals surface area contributed by atoms with Crippen LogP contribution in [0.25, 0.3) is 0 Å². The Kier molecular flexibility index (Phi) is 6.23. The summed E-state index contributed by atoms with van der Waals surface area (Å²) in [5.74, 6) is -0.904. The van der Waals surface area contributed by atoms with Crippen LogP contribution in [0.5, 0.6) is 0 Å². The van der Waals surface area contributed by atoms with Crippen molar-refractivity contribution in [2.75, 3.05) is 5.32 Å². The Morgan fingerprint density at radius 3 is 2.50 bits per heavy atom. The van der Waals surface area contributed by atoms with Crippen LogP contribution >= 0.6 is 23.2 Å². The molecule has 0 unspecified atom stereocenters. The van der Waals surface area contributed by atoms with Crippen molar-refractivity contribution >= 4 is 40.8 Å². The van der Waals surface area contributed by atoms with Crippen molar-refractivity contribution in [3.05, 3.63) is 63.6 Å². The molecule has 0 saturated heterocycles.